The number of hydrogen-bond donors (Lipinski definition) is 1. The molecular weight excluding hydrogens is 192 g/mol. The lowest BCUT2D eigenvalue weighted by Gasteiger charge is -2.08. The summed E-state index contributed by atoms with van der Waals surface area (Å²) < 4.78 is 0. The highest BCUT2D eigenvalue weighted by Gasteiger charge is 2.04. The number of rotatable bonds is 5. The molecule has 0 aliphatic carbocycles. The Kier molecular flexibility index (Phi) is 4.77. The lowest BCUT2D eigenvalue weighted by molar-refractivity contribution is 0.181. The molecule has 1 aromatic rings. The molecule has 76 valence electrons. The van der Waals surface area contributed by atoms with Crippen molar-refractivity contribution in [3.8, 4) is 0 Å². The van der Waals surface area contributed by atoms with E-state index in [0.717, 1.165) is 11.3 Å². The van der Waals surface area contributed by atoms with Crippen molar-refractivity contribution in [2.45, 2.75) is 24.3 Å². The van der Waals surface area contributed by atoms with Gasteiger partial charge in [0.25, 0.3) is 0 Å². The maximum atomic E-state index is 9.66. The number of benzene rings is 1. The highest BCUT2D eigenvalue weighted by Crippen LogP contribution is 2.22. The molecule has 1 N–H and O–H groups in total. The first-order chi connectivity index (χ1) is 6.77. The highest BCUT2D eigenvalue weighted by atomic mass is 32.2. The third-order valence-electron chi connectivity index (χ3n) is 1.97. The summed E-state index contributed by atoms with van der Waals surface area (Å²) in [4.78, 5) is 1.25. The average Bonchev–Trinajstić information content (AvgIpc) is 2.20. The molecule has 0 spiro atoms. The van der Waals surface area contributed by atoms with Crippen LogP contribution < -0.4 is 0 Å². The van der Waals surface area contributed by atoms with Crippen LogP contribution >= 0.6 is 11.8 Å². The summed E-state index contributed by atoms with van der Waals surface area (Å²) in [5, 5.41) is 9.66. The van der Waals surface area contributed by atoms with E-state index in [4.69, 9.17) is 0 Å². The minimum atomic E-state index is -0.409. The van der Waals surface area contributed by atoms with Gasteiger partial charge in [-0.15, -0.1) is 18.3 Å². The van der Waals surface area contributed by atoms with Gasteiger partial charge in [0.15, 0.2) is 0 Å². The fraction of sp³-hybridized carbons (Fsp3) is 0.333. The van der Waals surface area contributed by atoms with E-state index < -0.39 is 6.10 Å². The standard InChI is InChI=1S/C12H16OS/c1-3-5-12(13)10-6-8-11(9-7-10)14-4-2/h3,6-9,12-13H,1,4-5H2,2H3/t12-/m0/s1. The van der Waals surface area contributed by atoms with Crippen molar-refractivity contribution in [3.05, 3.63) is 42.5 Å². The van der Waals surface area contributed by atoms with Crippen molar-refractivity contribution in [2.24, 2.45) is 0 Å². The molecule has 1 aromatic carbocycles. The molecule has 0 aromatic heterocycles. The molecule has 1 rings (SSSR count). The van der Waals surface area contributed by atoms with Gasteiger partial charge < -0.3 is 5.11 Å². The Morgan fingerprint density at radius 2 is 2.07 bits per heavy atom. The maximum Gasteiger partial charge on any atom is 0.0824 e. The van der Waals surface area contributed by atoms with Crippen LogP contribution in [0.15, 0.2) is 41.8 Å². The SMILES string of the molecule is C=CC[C@H](O)c1ccc(SCC)cc1. The van der Waals surface area contributed by atoms with Crippen LogP contribution in [0.4, 0.5) is 0 Å². The quantitative estimate of drug-likeness (QED) is 0.591. The molecule has 1 atom stereocenters. The van der Waals surface area contributed by atoms with Gasteiger partial charge in [-0.05, 0) is 29.9 Å². The summed E-state index contributed by atoms with van der Waals surface area (Å²) in [7, 11) is 0. The second-order valence-corrected chi connectivity index (χ2v) is 4.38. The van der Waals surface area contributed by atoms with Crippen LogP contribution in [0.2, 0.25) is 0 Å². The van der Waals surface area contributed by atoms with E-state index in [2.05, 4.69) is 25.6 Å². The zero-order chi connectivity index (χ0) is 10.4. The Labute approximate surface area is 89.8 Å². The molecular formula is C12H16OS. The molecule has 14 heavy (non-hydrogen) atoms. The lowest BCUT2D eigenvalue weighted by atomic mass is 10.1. The smallest absolute Gasteiger partial charge is 0.0824 e. The molecule has 1 nitrogen and oxygen atoms in total. The number of thioether (sulfide) groups is 1. The lowest BCUT2D eigenvalue weighted by Crippen LogP contribution is -1.94. The van der Waals surface area contributed by atoms with E-state index in [9.17, 15) is 5.11 Å². The van der Waals surface area contributed by atoms with E-state index in [1.54, 1.807) is 6.08 Å². The highest BCUT2D eigenvalue weighted by molar-refractivity contribution is 7.99. The van der Waals surface area contributed by atoms with Gasteiger partial charge in [-0.3, -0.25) is 0 Å². The first-order valence-electron chi connectivity index (χ1n) is 4.79. The molecule has 0 radical (unpaired) electrons. The summed E-state index contributed by atoms with van der Waals surface area (Å²) in [6.07, 6.45) is 1.94. The Hall–Kier alpha value is -0.730. The van der Waals surface area contributed by atoms with Crippen molar-refractivity contribution in [1.29, 1.82) is 0 Å². The second kappa shape index (κ2) is 5.89. The Bertz CT molecular complexity index is 279. The molecule has 0 saturated carbocycles. The zero-order valence-electron chi connectivity index (χ0n) is 8.44. The maximum absolute atomic E-state index is 9.66. The van der Waals surface area contributed by atoms with Crippen molar-refractivity contribution < 1.29 is 5.11 Å². The van der Waals surface area contributed by atoms with E-state index in [1.165, 1.54) is 4.90 Å². The average molecular weight is 208 g/mol. The normalized spacial score (nSPS) is 12.4. The first kappa shape index (κ1) is 11.3. The number of aliphatic hydroxyl groups excluding tert-OH is 1. The van der Waals surface area contributed by atoms with Crippen LogP contribution in [0.5, 0.6) is 0 Å². The van der Waals surface area contributed by atoms with Crippen molar-refractivity contribution in [1.82, 2.24) is 0 Å². The van der Waals surface area contributed by atoms with Gasteiger partial charge in [-0.25, -0.2) is 0 Å². The van der Waals surface area contributed by atoms with Crippen LogP contribution in [0.3, 0.4) is 0 Å². The molecule has 0 aliphatic heterocycles. The molecule has 0 heterocycles. The van der Waals surface area contributed by atoms with Gasteiger partial charge in [0.2, 0.25) is 0 Å². The second-order valence-electron chi connectivity index (χ2n) is 3.04. The van der Waals surface area contributed by atoms with Crippen LogP contribution in [0.1, 0.15) is 25.0 Å². The summed E-state index contributed by atoms with van der Waals surface area (Å²) in [5.41, 5.74) is 0.963. The zero-order valence-corrected chi connectivity index (χ0v) is 9.26. The van der Waals surface area contributed by atoms with Gasteiger partial charge >= 0.3 is 0 Å². The molecule has 0 bridgehead atoms. The van der Waals surface area contributed by atoms with E-state index in [1.807, 2.05) is 23.9 Å². The molecule has 2 heteroatoms. The van der Waals surface area contributed by atoms with E-state index >= 15 is 0 Å². The van der Waals surface area contributed by atoms with Crippen molar-refractivity contribution >= 4 is 11.8 Å². The third kappa shape index (κ3) is 3.20. The first-order valence-corrected chi connectivity index (χ1v) is 5.78. The topological polar surface area (TPSA) is 20.2 Å². The summed E-state index contributed by atoms with van der Waals surface area (Å²) >= 11 is 1.81. The fourth-order valence-electron chi connectivity index (χ4n) is 1.25. The molecule has 0 amide bonds. The molecule has 0 unspecified atom stereocenters. The van der Waals surface area contributed by atoms with Crippen LogP contribution in [0.25, 0.3) is 0 Å². The molecule has 0 saturated heterocycles. The Morgan fingerprint density at radius 1 is 1.43 bits per heavy atom. The van der Waals surface area contributed by atoms with Crippen molar-refractivity contribution in [3.63, 3.8) is 0 Å². The summed E-state index contributed by atoms with van der Waals surface area (Å²) in [5.74, 6) is 1.08. The summed E-state index contributed by atoms with van der Waals surface area (Å²) in [6, 6.07) is 8.06. The Balaban J connectivity index is 2.67. The number of hydrogen-bond acceptors (Lipinski definition) is 2. The third-order valence-corrected chi connectivity index (χ3v) is 2.86. The van der Waals surface area contributed by atoms with Crippen molar-refractivity contribution in [2.75, 3.05) is 5.75 Å². The van der Waals surface area contributed by atoms with Gasteiger partial charge in [-0.2, -0.15) is 0 Å². The van der Waals surface area contributed by atoms with Gasteiger partial charge in [0.05, 0.1) is 6.10 Å². The fourth-order valence-corrected chi connectivity index (χ4v) is 1.91. The largest absolute Gasteiger partial charge is 0.388 e. The van der Waals surface area contributed by atoms with Crippen LogP contribution in [-0.2, 0) is 0 Å². The molecule has 0 fully saturated rings. The van der Waals surface area contributed by atoms with Crippen LogP contribution in [0, 0.1) is 0 Å². The van der Waals surface area contributed by atoms with E-state index in [-0.39, 0.29) is 0 Å². The predicted molar refractivity (Wildman–Crippen MR) is 62.6 cm³/mol. The van der Waals surface area contributed by atoms with Crippen LogP contribution in [-0.4, -0.2) is 10.9 Å². The van der Waals surface area contributed by atoms with E-state index in [0.29, 0.717) is 6.42 Å². The van der Waals surface area contributed by atoms with Gasteiger partial charge in [0, 0.05) is 4.90 Å². The van der Waals surface area contributed by atoms with Gasteiger partial charge in [-0.1, -0.05) is 25.1 Å². The minimum absolute atomic E-state index is 0.409. The monoisotopic (exact) mass is 208 g/mol. The summed E-state index contributed by atoms with van der Waals surface area (Å²) in [6.45, 7) is 5.74. The minimum Gasteiger partial charge on any atom is -0.388 e. The Morgan fingerprint density at radius 3 is 2.57 bits per heavy atom. The van der Waals surface area contributed by atoms with Gasteiger partial charge in [0.1, 0.15) is 0 Å². The number of aliphatic hydroxyl groups is 1. The molecule has 0 aliphatic rings. The predicted octanol–water partition coefficient (Wildman–Crippen LogP) is 3.41.